The normalized spacial score (nSPS) is 10.3. The van der Waals surface area contributed by atoms with Crippen LogP contribution in [0, 0.1) is 0 Å². The number of halogens is 1. The molecule has 3 rings (SSSR count). The molecule has 6 nitrogen and oxygen atoms in total. The van der Waals surface area contributed by atoms with Crippen molar-refractivity contribution in [2.75, 3.05) is 37.5 Å². The number of amides is 3. The monoisotopic (exact) mass is 437 g/mol. The van der Waals surface area contributed by atoms with Crippen LogP contribution in [0.25, 0.3) is 0 Å². The van der Waals surface area contributed by atoms with Crippen molar-refractivity contribution >= 4 is 34.9 Å². The lowest BCUT2D eigenvalue weighted by Crippen LogP contribution is -2.34. The highest BCUT2D eigenvalue weighted by Crippen LogP contribution is 2.18. The van der Waals surface area contributed by atoms with Crippen LogP contribution in [0.3, 0.4) is 0 Å². The predicted octanol–water partition coefficient (Wildman–Crippen LogP) is 5.16. The molecule has 0 aromatic heterocycles. The largest absolute Gasteiger partial charge is 0.492 e. The third kappa shape index (κ3) is 6.23. The molecule has 7 heteroatoms. The van der Waals surface area contributed by atoms with E-state index in [2.05, 4.69) is 5.32 Å². The van der Waals surface area contributed by atoms with Crippen LogP contribution < -0.4 is 15.0 Å². The number of likely N-dealkylation sites (N-methyl/N-ethyl adjacent to an activating group) is 1. The molecule has 0 atom stereocenters. The highest BCUT2D eigenvalue weighted by atomic mass is 35.5. The second-order valence-electron chi connectivity index (χ2n) is 6.93. The summed E-state index contributed by atoms with van der Waals surface area (Å²) < 4.78 is 5.62. The van der Waals surface area contributed by atoms with E-state index in [-0.39, 0.29) is 11.9 Å². The molecule has 0 bridgehead atoms. The van der Waals surface area contributed by atoms with Crippen molar-refractivity contribution in [1.29, 1.82) is 0 Å². The van der Waals surface area contributed by atoms with Crippen LogP contribution in [0.4, 0.5) is 16.2 Å². The van der Waals surface area contributed by atoms with Crippen LogP contribution in [-0.4, -0.2) is 44.1 Å². The smallest absolute Gasteiger partial charge is 0.321 e. The van der Waals surface area contributed by atoms with E-state index in [0.29, 0.717) is 35.2 Å². The second-order valence-corrected chi connectivity index (χ2v) is 7.37. The fourth-order valence-electron chi connectivity index (χ4n) is 2.84. The molecule has 0 aliphatic carbocycles. The van der Waals surface area contributed by atoms with Crippen molar-refractivity contribution < 1.29 is 14.3 Å². The average molecular weight is 438 g/mol. The van der Waals surface area contributed by atoms with Crippen molar-refractivity contribution in [2.45, 2.75) is 0 Å². The fraction of sp³-hybridized carbons (Fsp3) is 0.167. The zero-order valence-corrected chi connectivity index (χ0v) is 18.2. The number of benzene rings is 3. The number of ether oxygens (including phenoxy) is 1. The molecule has 0 unspecified atom stereocenters. The number of carbonyl (C=O) groups is 2. The van der Waals surface area contributed by atoms with Gasteiger partial charge in [0.1, 0.15) is 12.4 Å². The van der Waals surface area contributed by atoms with E-state index in [0.717, 1.165) is 5.69 Å². The van der Waals surface area contributed by atoms with Crippen LogP contribution in [0.15, 0.2) is 78.9 Å². The minimum atomic E-state index is -0.291. The van der Waals surface area contributed by atoms with Crippen molar-refractivity contribution in [2.24, 2.45) is 0 Å². The molecular weight excluding hydrogens is 414 g/mol. The van der Waals surface area contributed by atoms with Gasteiger partial charge in [0.15, 0.2) is 0 Å². The Morgan fingerprint density at radius 3 is 2.35 bits per heavy atom. The molecule has 3 amide bonds. The van der Waals surface area contributed by atoms with E-state index >= 15 is 0 Å². The minimum Gasteiger partial charge on any atom is -0.492 e. The Morgan fingerprint density at radius 2 is 1.65 bits per heavy atom. The Balaban J connectivity index is 1.55. The molecule has 0 saturated carbocycles. The number of hydrogen-bond donors (Lipinski definition) is 1. The molecule has 0 fully saturated rings. The third-order valence-corrected chi connectivity index (χ3v) is 4.92. The molecule has 160 valence electrons. The number of urea groups is 1. The van der Waals surface area contributed by atoms with Gasteiger partial charge in [0.25, 0.3) is 5.91 Å². The highest BCUT2D eigenvalue weighted by molar-refractivity contribution is 6.30. The Kier molecular flexibility index (Phi) is 7.51. The molecular formula is C24H24ClN3O3. The number of para-hydroxylation sites is 1. The maximum Gasteiger partial charge on any atom is 0.321 e. The van der Waals surface area contributed by atoms with Crippen LogP contribution in [0.1, 0.15) is 10.4 Å². The number of nitrogens with zero attached hydrogens (tertiary/aromatic N) is 2. The molecule has 0 heterocycles. The summed E-state index contributed by atoms with van der Waals surface area (Å²) >= 11 is 5.85. The van der Waals surface area contributed by atoms with E-state index in [1.54, 1.807) is 67.5 Å². The first-order valence-electron chi connectivity index (χ1n) is 9.77. The molecule has 1 N–H and O–H groups in total. The van der Waals surface area contributed by atoms with Crippen LogP contribution in [-0.2, 0) is 0 Å². The van der Waals surface area contributed by atoms with Crippen LogP contribution in [0.5, 0.6) is 5.75 Å². The van der Waals surface area contributed by atoms with Gasteiger partial charge in [-0.05, 0) is 54.6 Å². The fourth-order valence-corrected chi connectivity index (χ4v) is 2.97. The molecule has 31 heavy (non-hydrogen) atoms. The zero-order chi connectivity index (χ0) is 22.2. The summed E-state index contributed by atoms with van der Waals surface area (Å²) in [5, 5.41) is 3.45. The van der Waals surface area contributed by atoms with Gasteiger partial charge in [-0.2, -0.15) is 0 Å². The standard InChI is InChI=1S/C24H24ClN3O3/c1-27(15-16-31-22-13-11-19(25)12-14-22)24(30)26-20-8-6-7-18(17-20)23(29)28(2)21-9-4-3-5-10-21/h3-14,17H,15-16H2,1-2H3,(H,26,30). The van der Waals surface area contributed by atoms with Crippen molar-refractivity contribution in [3.8, 4) is 5.75 Å². The van der Waals surface area contributed by atoms with Crippen LogP contribution in [0.2, 0.25) is 5.02 Å². The summed E-state index contributed by atoms with van der Waals surface area (Å²) in [6.45, 7) is 0.732. The summed E-state index contributed by atoms with van der Waals surface area (Å²) in [7, 11) is 3.40. The van der Waals surface area contributed by atoms with E-state index in [9.17, 15) is 9.59 Å². The lowest BCUT2D eigenvalue weighted by atomic mass is 10.1. The molecule has 0 aliphatic heterocycles. The average Bonchev–Trinajstić information content (AvgIpc) is 2.80. The van der Waals surface area contributed by atoms with Gasteiger partial charge in [0, 0.05) is 36.1 Å². The highest BCUT2D eigenvalue weighted by Gasteiger charge is 2.15. The second kappa shape index (κ2) is 10.5. The Bertz CT molecular complexity index is 1030. The third-order valence-electron chi connectivity index (χ3n) is 4.66. The first-order chi connectivity index (χ1) is 14.9. The molecule has 0 aliphatic rings. The van der Waals surface area contributed by atoms with E-state index in [1.807, 2.05) is 30.3 Å². The summed E-state index contributed by atoms with van der Waals surface area (Å²) in [5.41, 5.74) is 1.82. The van der Waals surface area contributed by atoms with Gasteiger partial charge in [-0.25, -0.2) is 4.79 Å². The predicted molar refractivity (Wildman–Crippen MR) is 124 cm³/mol. The summed E-state index contributed by atoms with van der Waals surface area (Å²) in [4.78, 5) is 28.4. The lowest BCUT2D eigenvalue weighted by molar-refractivity contribution is 0.0993. The van der Waals surface area contributed by atoms with E-state index in [1.165, 1.54) is 4.90 Å². The maximum atomic E-state index is 12.8. The number of carbonyl (C=O) groups excluding carboxylic acids is 2. The molecule has 0 radical (unpaired) electrons. The Hall–Kier alpha value is -3.51. The topological polar surface area (TPSA) is 61.9 Å². The molecule has 3 aromatic carbocycles. The van der Waals surface area contributed by atoms with Gasteiger partial charge in [0.05, 0.1) is 6.54 Å². The van der Waals surface area contributed by atoms with Gasteiger partial charge in [0.2, 0.25) is 0 Å². The summed E-state index contributed by atoms with van der Waals surface area (Å²) in [6.07, 6.45) is 0. The molecule has 3 aromatic rings. The first-order valence-corrected chi connectivity index (χ1v) is 10.2. The van der Waals surface area contributed by atoms with E-state index < -0.39 is 0 Å². The molecule has 0 saturated heterocycles. The maximum absolute atomic E-state index is 12.8. The Morgan fingerprint density at radius 1 is 0.935 bits per heavy atom. The number of hydrogen-bond acceptors (Lipinski definition) is 3. The quantitative estimate of drug-likeness (QED) is 0.555. The SMILES string of the molecule is CN(CCOc1ccc(Cl)cc1)C(=O)Nc1cccc(C(=O)N(C)c2ccccc2)c1. The number of rotatable bonds is 7. The first kappa shape index (κ1) is 22.2. The number of anilines is 2. The number of nitrogens with one attached hydrogen (secondary N) is 1. The van der Waals surface area contributed by atoms with E-state index in [4.69, 9.17) is 16.3 Å². The van der Waals surface area contributed by atoms with Crippen LogP contribution >= 0.6 is 11.6 Å². The van der Waals surface area contributed by atoms with Crippen molar-refractivity contribution in [3.05, 3.63) is 89.4 Å². The summed E-state index contributed by atoms with van der Waals surface area (Å²) in [6, 6.07) is 23.0. The molecule has 0 spiro atoms. The summed E-state index contributed by atoms with van der Waals surface area (Å²) in [5.74, 6) is 0.527. The van der Waals surface area contributed by atoms with Gasteiger partial charge in [-0.15, -0.1) is 0 Å². The van der Waals surface area contributed by atoms with Gasteiger partial charge >= 0.3 is 6.03 Å². The van der Waals surface area contributed by atoms with Crippen molar-refractivity contribution in [1.82, 2.24) is 4.90 Å². The lowest BCUT2D eigenvalue weighted by Gasteiger charge is -2.19. The van der Waals surface area contributed by atoms with Gasteiger partial charge in [-0.3, -0.25) is 4.79 Å². The van der Waals surface area contributed by atoms with Gasteiger partial charge in [-0.1, -0.05) is 35.9 Å². The minimum absolute atomic E-state index is 0.160. The van der Waals surface area contributed by atoms with Crippen molar-refractivity contribution in [3.63, 3.8) is 0 Å². The Labute approximate surface area is 187 Å². The van der Waals surface area contributed by atoms with Gasteiger partial charge < -0.3 is 19.9 Å². The zero-order valence-electron chi connectivity index (χ0n) is 17.4.